The molecule has 0 aromatic heterocycles. The average Bonchev–Trinajstić information content (AvgIpc) is 2.25. The van der Waals surface area contributed by atoms with E-state index in [1.54, 1.807) is 27.7 Å². The number of nitrogens with zero attached hydrogens (tertiary/aromatic N) is 2. The lowest BCUT2D eigenvalue weighted by Gasteiger charge is -2.39. The van der Waals surface area contributed by atoms with E-state index >= 15 is 0 Å². The van der Waals surface area contributed by atoms with Crippen molar-refractivity contribution < 1.29 is 19.5 Å². The Kier molecular flexibility index (Phi) is 4.39. The first kappa shape index (κ1) is 14.6. The Bertz CT molecular complexity index is 338. The van der Waals surface area contributed by atoms with Gasteiger partial charge in [-0.1, -0.05) is 5.16 Å². The van der Waals surface area contributed by atoms with Crippen LogP contribution in [0.3, 0.4) is 0 Å². The zero-order valence-corrected chi connectivity index (χ0v) is 11.2. The summed E-state index contributed by atoms with van der Waals surface area (Å²) in [7, 11) is 0. The number of amidine groups is 1. The molecule has 3 N–H and O–H groups in total. The molecule has 0 radical (unpaired) electrons. The highest BCUT2D eigenvalue weighted by molar-refractivity contribution is 5.89. The number of carbonyl (C=O) groups is 1. The second kappa shape index (κ2) is 5.43. The molecule has 7 heteroatoms. The summed E-state index contributed by atoms with van der Waals surface area (Å²) in [6.07, 6.45) is -0.837. The summed E-state index contributed by atoms with van der Waals surface area (Å²) in [6, 6.07) is -0.612. The van der Waals surface area contributed by atoms with E-state index < -0.39 is 17.7 Å². The zero-order chi connectivity index (χ0) is 13.9. The molecule has 18 heavy (non-hydrogen) atoms. The third kappa shape index (κ3) is 3.49. The van der Waals surface area contributed by atoms with E-state index in [1.165, 1.54) is 4.90 Å². The van der Waals surface area contributed by atoms with Crippen LogP contribution in [-0.4, -0.2) is 52.9 Å². The van der Waals surface area contributed by atoms with Gasteiger partial charge in [-0.2, -0.15) is 0 Å². The van der Waals surface area contributed by atoms with E-state index in [1.807, 2.05) is 0 Å². The van der Waals surface area contributed by atoms with Gasteiger partial charge in [0.05, 0.1) is 12.7 Å². The molecule has 0 unspecified atom stereocenters. The first-order chi connectivity index (χ1) is 8.26. The molecule has 1 amide bonds. The molecule has 0 aromatic carbocycles. The highest BCUT2D eigenvalue weighted by Gasteiger charge is 2.38. The topological polar surface area (TPSA) is 97.4 Å². The summed E-state index contributed by atoms with van der Waals surface area (Å²) in [5.74, 6) is -0.0620. The minimum absolute atomic E-state index is 0.0620. The molecular weight excluding hydrogens is 238 g/mol. The quantitative estimate of drug-likeness (QED) is 0.313. The molecule has 2 atom stereocenters. The van der Waals surface area contributed by atoms with Crippen LogP contribution in [-0.2, 0) is 9.47 Å². The zero-order valence-electron chi connectivity index (χ0n) is 11.2. The van der Waals surface area contributed by atoms with Gasteiger partial charge in [-0.25, -0.2) is 4.79 Å². The Morgan fingerprint density at radius 2 is 2.17 bits per heavy atom. The molecule has 1 rings (SSSR count). The third-order valence-corrected chi connectivity index (χ3v) is 2.54. The van der Waals surface area contributed by atoms with Gasteiger partial charge in [-0.05, 0) is 27.7 Å². The number of morpholine rings is 1. The van der Waals surface area contributed by atoms with Crippen molar-refractivity contribution >= 4 is 11.9 Å². The van der Waals surface area contributed by atoms with Crippen molar-refractivity contribution in [2.45, 2.75) is 45.4 Å². The first-order valence-corrected chi connectivity index (χ1v) is 5.85. The lowest BCUT2D eigenvalue weighted by Crippen LogP contribution is -2.59. The monoisotopic (exact) mass is 259 g/mol. The van der Waals surface area contributed by atoms with Crippen molar-refractivity contribution in [3.05, 3.63) is 0 Å². The molecule has 1 heterocycles. The smallest absolute Gasteiger partial charge is 0.411 e. The number of hydrogen-bond acceptors (Lipinski definition) is 5. The van der Waals surface area contributed by atoms with Crippen LogP contribution in [0.5, 0.6) is 0 Å². The maximum absolute atomic E-state index is 12.0. The molecule has 0 saturated carbocycles. The molecule has 0 aromatic rings. The summed E-state index contributed by atoms with van der Waals surface area (Å²) in [5.41, 5.74) is 5.01. The van der Waals surface area contributed by atoms with Crippen molar-refractivity contribution in [2.75, 3.05) is 13.2 Å². The van der Waals surface area contributed by atoms with Crippen LogP contribution in [0.1, 0.15) is 27.7 Å². The molecule has 0 aliphatic carbocycles. The van der Waals surface area contributed by atoms with Gasteiger partial charge >= 0.3 is 6.09 Å². The Labute approximate surface area is 107 Å². The van der Waals surface area contributed by atoms with Crippen LogP contribution >= 0.6 is 0 Å². The fourth-order valence-corrected chi connectivity index (χ4v) is 1.81. The van der Waals surface area contributed by atoms with Crippen LogP contribution in [0.15, 0.2) is 5.16 Å². The summed E-state index contributed by atoms with van der Waals surface area (Å²) in [6.45, 7) is 7.86. The standard InChI is InChI=1S/C11H21N3O4/c1-7-8(9(12)13-16)14(5-6-17-7)10(15)18-11(2,3)4/h7-8,16H,5-6H2,1-4H3,(H2,12,13)/t7-,8+/m1/s1. The van der Waals surface area contributed by atoms with Crippen LogP contribution in [0.25, 0.3) is 0 Å². The molecule has 0 bridgehead atoms. The average molecular weight is 259 g/mol. The number of carbonyl (C=O) groups excluding carboxylic acids is 1. The minimum Gasteiger partial charge on any atom is -0.444 e. The molecule has 1 fully saturated rings. The summed E-state index contributed by atoms with van der Waals surface area (Å²) in [4.78, 5) is 13.5. The van der Waals surface area contributed by atoms with Crippen LogP contribution in [0.2, 0.25) is 0 Å². The molecule has 0 spiro atoms. The summed E-state index contributed by atoms with van der Waals surface area (Å²) in [5, 5.41) is 11.7. The van der Waals surface area contributed by atoms with Gasteiger partial charge in [0.1, 0.15) is 11.6 Å². The van der Waals surface area contributed by atoms with E-state index in [0.29, 0.717) is 13.2 Å². The first-order valence-electron chi connectivity index (χ1n) is 5.85. The maximum Gasteiger partial charge on any atom is 0.411 e. The van der Waals surface area contributed by atoms with Crippen LogP contribution < -0.4 is 5.73 Å². The number of nitrogens with two attached hydrogens (primary N) is 1. The second-order valence-corrected chi connectivity index (χ2v) is 5.22. The lowest BCUT2D eigenvalue weighted by atomic mass is 10.1. The maximum atomic E-state index is 12.0. The Morgan fingerprint density at radius 3 is 2.67 bits per heavy atom. The second-order valence-electron chi connectivity index (χ2n) is 5.22. The fourth-order valence-electron chi connectivity index (χ4n) is 1.81. The largest absolute Gasteiger partial charge is 0.444 e. The van der Waals surface area contributed by atoms with Gasteiger partial charge < -0.3 is 20.4 Å². The predicted molar refractivity (Wildman–Crippen MR) is 65.6 cm³/mol. The van der Waals surface area contributed by atoms with Crippen molar-refractivity contribution in [2.24, 2.45) is 10.9 Å². The van der Waals surface area contributed by atoms with E-state index in [9.17, 15) is 4.79 Å². The molecule has 1 saturated heterocycles. The molecule has 1 aliphatic rings. The summed E-state index contributed by atoms with van der Waals surface area (Å²) >= 11 is 0. The van der Waals surface area contributed by atoms with Gasteiger partial charge in [0, 0.05) is 6.54 Å². The third-order valence-electron chi connectivity index (χ3n) is 2.54. The Balaban J connectivity index is 2.86. The van der Waals surface area contributed by atoms with Crippen molar-refractivity contribution in [1.29, 1.82) is 0 Å². The van der Waals surface area contributed by atoms with Gasteiger partial charge in [-0.15, -0.1) is 0 Å². The highest BCUT2D eigenvalue weighted by Crippen LogP contribution is 2.18. The van der Waals surface area contributed by atoms with Gasteiger partial charge in [0.15, 0.2) is 5.84 Å². The fraction of sp³-hybridized carbons (Fsp3) is 0.818. The lowest BCUT2D eigenvalue weighted by molar-refractivity contribution is -0.0513. The molecule has 104 valence electrons. The van der Waals surface area contributed by atoms with E-state index in [0.717, 1.165) is 0 Å². The summed E-state index contributed by atoms with van der Waals surface area (Å²) < 4.78 is 10.7. The Morgan fingerprint density at radius 1 is 1.56 bits per heavy atom. The molecule has 7 nitrogen and oxygen atoms in total. The van der Waals surface area contributed by atoms with Gasteiger partial charge in [-0.3, -0.25) is 4.90 Å². The minimum atomic E-state index is -0.612. The molecule has 1 aliphatic heterocycles. The Hall–Kier alpha value is -1.50. The number of rotatable bonds is 1. The predicted octanol–water partition coefficient (Wildman–Crippen LogP) is 0.757. The van der Waals surface area contributed by atoms with Crippen molar-refractivity contribution in [3.8, 4) is 0 Å². The SMILES string of the molecule is C[C@H]1OCCN(C(=O)OC(C)(C)C)[C@@H]1/C(N)=N/O. The van der Waals surface area contributed by atoms with Crippen LogP contribution in [0.4, 0.5) is 4.79 Å². The highest BCUT2D eigenvalue weighted by atomic mass is 16.6. The normalized spacial score (nSPS) is 26.0. The molecular formula is C11H21N3O4. The van der Waals surface area contributed by atoms with Gasteiger partial charge in [0.2, 0.25) is 0 Å². The number of oxime groups is 1. The van der Waals surface area contributed by atoms with E-state index in [2.05, 4.69) is 5.16 Å². The van der Waals surface area contributed by atoms with E-state index in [-0.39, 0.29) is 11.9 Å². The van der Waals surface area contributed by atoms with Crippen molar-refractivity contribution in [3.63, 3.8) is 0 Å². The van der Waals surface area contributed by atoms with Crippen molar-refractivity contribution in [1.82, 2.24) is 4.90 Å². The van der Waals surface area contributed by atoms with E-state index in [4.69, 9.17) is 20.4 Å². The van der Waals surface area contributed by atoms with Gasteiger partial charge in [0.25, 0.3) is 0 Å². The number of ether oxygens (including phenoxy) is 2. The van der Waals surface area contributed by atoms with Crippen LogP contribution in [0, 0.1) is 0 Å². The number of amides is 1. The number of hydrogen-bond donors (Lipinski definition) is 2.